The van der Waals surface area contributed by atoms with Crippen molar-refractivity contribution in [2.24, 2.45) is 0 Å². The Balaban J connectivity index is 2.22. The molecule has 1 aromatic heterocycles. The number of hydrogen-bond donors (Lipinski definition) is 1. The van der Waals surface area contributed by atoms with E-state index in [1.165, 1.54) is 0 Å². The molecule has 24 heavy (non-hydrogen) atoms. The van der Waals surface area contributed by atoms with Gasteiger partial charge in [-0.15, -0.1) is 0 Å². The van der Waals surface area contributed by atoms with E-state index >= 15 is 0 Å². The number of carbonyl (C=O) groups is 2. The number of nitrogens with zero attached hydrogens (tertiary/aromatic N) is 1. The minimum Gasteiger partial charge on any atom is -0.426 e. The van der Waals surface area contributed by atoms with E-state index in [1.807, 2.05) is 6.08 Å². The van der Waals surface area contributed by atoms with Crippen molar-refractivity contribution >= 4 is 17.9 Å². The minimum absolute atomic E-state index is 0.119. The fourth-order valence-electron chi connectivity index (χ4n) is 2.06. The van der Waals surface area contributed by atoms with E-state index in [2.05, 4.69) is 14.7 Å². The molecule has 0 spiro atoms. The number of allylic oxidation sites excluding steroid dienone is 2. The number of amides is 1. The number of esters is 1. The van der Waals surface area contributed by atoms with E-state index in [1.54, 1.807) is 13.8 Å². The van der Waals surface area contributed by atoms with E-state index in [4.69, 9.17) is 4.74 Å². The van der Waals surface area contributed by atoms with Crippen molar-refractivity contribution in [3.05, 3.63) is 34.9 Å². The normalized spacial score (nSPS) is 15.1. The second-order valence-electron chi connectivity index (χ2n) is 5.04. The summed E-state index contributed by atoms with van der Waals surface area (Å²) in [4.78, 5) is 27.2. The molecule has 0 saturated carbocycles. The standard InChI is InChI=1S/C15H15F3N2O4/c1-3-11(21)24-12-8(2)5-4-6-9(12)13(22)20-14-19-7-10(23-14)15(16,17)18/h5,7H,3-4,6H2,1-2H3,(H,19,20,22). The van der Waals surface area contributed by atoms with Gasteiger partial charge in [0.2, 0.25) is 5.76 Å². The van der Waals surface area contributed by atoms with Gasteiger partial charge < -0.3 is 9.15 Å². The molecule has 0 radical (unpaired) electrons. The molecule has 0 aromatic carbocycles. The van der Waals surface area contributed by atoms with E-state index in [0.29, 0.717) is 18.2 Å². The Morgan fingerprint density at radius 1 is 1.42 bits per heavy atom. The number of oxazole rings is 1. The summed E-state index contributed by atoms with van der Waals surface area (Å²) in [5.41, 5.74) is 0.764. The fourth-order valence-corrected chi connectivity index (χ4v) is 2.06. The summed E-state index contributed by atoms with van der Waals surface area (Å²) in [6.45, 7) is 3.29. The van der Waals surface area contributed by atoms with Crippen LogP contribution in [0.1, 0.15) is 38.9 Å². The van der Waals surface area contributed by atoms with Gasteiger partial charge in [-0.2, -0.15) is 13.2 Å². The van der Waals surface area contributed by atoms with Crippen LogP contribution in [0.4, 0.5) is 19.2 Å². The number of rotatable bonds is 4. The second kappa shape index (κ2) is 6.90. The molecule has 1 aliphatic rings. The maximum Gasteiger partial charge on any atom is 0.451 e. The SMILES string of the molecule is CCC(=O)OC1=C(C(=O)Nc2ncc(C(F)(F)F)o2)CCC=C1C. The van der Waals surface area contributed by atoms with Gasteiger partial charge >= 0.3 is 18.2 Å². The van der Waals surface area contributed by atoms with Crippen LogP contribution in [-0.2, 0) is 20.5 Å². The lowest BCUT2D eigenvalue weighted by molar-refractivity contribution is -0.152. The number of hydrogen-bond acceptors (Lipinski definition) is 5. The summed E-state index contributed by atoms with van der Waals surface area (Å²) in [5.74, 6) is -2.44. The molecule has 1 aromatic rings. The van der Waals surface area contributed by atoms with Crippen molar-refractivity contribution in [2.75, 3.05) is 5.32 Å². The Morgan fingerprint density at radius 3 is 2.71 bits per heavy atom. The third-order valence-electron chi connectivity index (χ3n) is 3.26. The summed E-state index contributed by atoms with van der Waals surface area (Å²) in [5, 5.41) is 2.15. The summed E-state index contributed by atoms with van der Waals surface area (Å²) >= 11 is 0. The first-order chi connectivity index (χ1) is 11.2. The van der Waals surface area contributed by atoms with Crippen molar-refractivity contribution in [3.8, 4) is 0 Å². The maximum atomic E-state index is 12.5. The Morgan fingerprint density at radius 2 is 2.12 bits per heavy atom. The Bertz CT molecular complexity index is 717. The van der Waals surface area contributed by atoms with Crippen LogP contribution >= 0.6 is 0 Å². The molecule has 1 N–H and O–H groups in total. The minimum atomic E-state index is -4.69. The highest BCUT2D eigenvalue weighted by Gasteiger charge is 2.36. The van der Waals surface area contributed by atoms with Crippen molar-refractivity contribution < 1.29 is 31.9 Å². The zero-order chi connectivity index (χ0) is 17.9. The van der Waals surface area contributed by atoms with Crippen LogP contribution in [0.5, 0.6) is 0 Å². The van der Waals surface area contributed by atoms with Gasteiger partial charge in [-0.3, -0.25) is 14.9 Å². The lowest BCUT2D eigenvalue weighted by atomic mass is 9.97. The molecule has 0 bridgehead atoms. The highest BCUT2D eigenvalue weighted by atomic mass is 19.4. The van der Waals surface area contributed by atoms with Gasteiger partial charge in [0.15, 0.2) is 0 Å². The zero-order valence-corrected chi connectivity index (χ0v) is 13.0. The van der Waals surface area contributed by atoms with Gasteiger partial charge in [-0.25, -0.2) is 4.98 Å². The van der Waals surface area contributed by atoms with Gasteiger partial charge in [0.25, 0.3) is 5.91 Å². The first-order valence-corrected chi connectivity index (χ1v) is 7.17. The van der Waals surface area contributed by atoms with Gasteiger partial charge in [-0.05, 0) is 25.3 Å². The van der Waals surface area contributed by atoms with Gasteiger partial charge in [-0.1, -0.05) is 13.0 Å². The first-order valence-electron chi connectivity index (χ1n) is 7.17. The molecule has 0 atom stereocenters. The van der Waals surface area contributed by atoms with Gasteiger partial charge in [0.05, 0.1) is 11.8 Å². The molecule has 0 aliphatic heterocycles. The molecule has 1 aliphatic carbocycles. The molecule has 9 heteroatoms. The zero-order valence-electron chi connectivity index (χ0n) is 13.0. The predicted molar refractivity (Wildman–Crippen MR) is 76.5 cm³/mol. The third kappa shape index (κ3) is 4.03. The summed E-state index contributed by atoms with van der Waals surface area (Å²) in [6, 6.07) is -0.576. The largest absolute Gasteiger partial charge is 0.451 e. The summed E-state index contributed by atoms with van der Waals surface area (Å²) in [6.07, 6.45) is -1.46. The Labute approximate surface area is 135 Å². The third-order valence-corrected chi connectivity index (χ3v) is 3.26. The van der Waals surface area contributed by atoms with E-state index in [9.17, 15) is 22.8 Å². The average Bonchev–Trinajstić information content (AvgIpc) is 2.97. The number of carbonyl (C=O) groups excluding carboxylic acids is 2. The molecule has 6 nitrogen and oxygen atoms in total. The quantitative estimate of drug-likeness (QED) is 0.844. The topological polar surface area (TPSA) is 81.4 Å². The maximum absolute atomic E-state index is 12.5. The number of nitrogens with one attached hydrogen (secondary N) is 1. The van der Waals surface area contributed by atoms with Crippen LogP contribution in [-0.4, -0.2) is 16.9 Å². The van der Waals surface area contributed by atoms with Crippen LogP contribution in [0.3, 0.4) is 0 Å². The molecular formula is C15H15F3N2O4. The van der Waals surface area contributed by atoms with Crippen molar-refractivity contribution in [3.63, 3.8) is 0 Å². The number of aromatic nitrogens is 1. The van der Waals surface area contributed by atoms with Crippen LogP contribution in [0.15, 0.2) is 33.6 Å². The molecule has 0 unspecified atom stereocenters. The van der Waals surface area contributed by atoms with E-state index < -0.39 is 29.8 Å². The first kappa shape index (κ1) is 17.8. The Hall–Kier alpha value is -2.58. The van der Waals surface area contributed by atoms with Gasteiger partial charge in [0, 0.05) is 6.42 Å². The van der Waals surface area contributed by atoms with Crippen molar-refractivity contribution in [1.29, 1.82) is 0 Å². The number of halogens is 3. The fraction of sp³-hybridized carbons (Fsp3) is 0.400. The Kier molecular flexibility index (Phi) is 5.10. The molecule has 0 saturated heterocycles. The summed E-state index contributed by atoms with van der Waals surface area (Å²) < 4.78 is 47.0. The summed E-state index contributed by atoms with van der Waals surface area (Å²) in [7, 11) is 0. The number of ether oxygens (including phenoxy) is 1. The van der Waals surface area contributed by atoms with Crippen molar-refractivity contribution in [2.45, 2.75) is 39.3 Å². The lowest BCUT2D eigenvalue weighted by Crippen LogP contribution is -2.20. The van der Waals surface area contributed by atoms with Crippen LogP contribution in [0.25, 0.3) is 0 Å². The highest BCUT2D eigenvalue weighted by molar-refractivity contribution is 6.03. The molecule has 2 rings (SSSR count). The highest BCUT2D eigenvalue weighted by Crippen LogP contribution is 2.31. The number of anilines is 1. The molecule has 130 valence electrons. The van der Waals surface area contributed by atoms with Crippen molar-refractivity contribution in [1.82, 2.24) is 4.98 Å². The smallest absolute Gasteiger partial charge is 0.426 e. The molecular weight excluding hydrogens is 329 g/mol. The predicted octanol–water partition coefficient (Wildman–Crippen LogP) is 3.58. The molecule has 0 fully saturated rings. The van der Waals surface area contributed by atoms with E-state index in [0.717, 1.165) is 0 Å². The second-order valence-corrected chi connectivity index (χ2v) is 5.04. The average molecular weight is 344 g/mol. The van der Waals surface area contributed by atoms with Crippen LogP contribution in [0, 0.1) is 0 Å². The van der Waals surface area contributed by atoms with Gasteiger partial charge in [0.1, 0.15) is 5.76 Å². The van der Waals surface area contributed by atoms with Crippen LogP contribution < -0.4 is 5.32 Å². The lowest BCUT2D eigenvalue weighted by Gasteiger charge is -2.18. The van der Waals surface area contributed by atoms with E-state index in [-0.39, 0.29) is 24.2 Å². The molecule has 1 amide bonds. The number of alkyl halides is 3. The monoisotopic (exact) mass is 344 g/mol. The molecule has 1 heterocycles. The van der Waals surface area contributed by atoms with Crippen LogP contribution in [0.2, 0.25) is 0 Å².